The van der Waals surface area contributed by atoms with Gasteiger partial charge < -0.3 is 19.8 Å². The smallest absolute Gasteiger partial charge is 0.113 e. The fourth-order valence-corrected chi connectivity index (χ4v) is 17.0. The highest BCUT2D eigenvalue weighted by atomic mass is 31.2. The maximum absolute atomic E-state index is 8.89. The van der Waals surface area contributed by atoms with Gasteiger partial charge in [0.05, 0.1) is 12.3 Å². The van der Waals surface area contributed by atoms with Crippen molar-refractivity contribution in [3.63, 3.8) is 0 Å². The molecule has 0 fully saturated rings. The molecule has 0 bridgehead atoms. The van der Waals surface area contributed by atoms with Crippen molar-refractivity contribution >= 4 is 58.3 Å². The number of carbonyl (C=O) groups is 2. The van der Waals surface area contributed by atoms with Gasteiger partial charge in [-0.3, -0.25) is 9.80 Å². The molecule has 6 nitrogen and oxygen atoms in total. The third-order valence-corrected chi connectivity index (χ3v) is 20.0. The van der Waals surface area contributed by atoms with E-state index in [-0.39, 0.29) is 0 Å². The molecule has 0 heterocycles. The van der Waals surface area contributed by atoms with Gasteiger partial charge in [0.2, 0.25) is 0 Å². The Balaban J connectivity index is 0.000000291. The van der Waals surface area contributed by atoms with E-state index in [4.69, 9.17) is 19.8 Å². The van der Waals surface area contributed by atoms with Crippen LogP contribution >= 0.6 is 14.5 Å². The molecule has 0 aromatic heterocycles. The summed E-state index contributed by atoms with van der Waals surface area (Å²) in [5, 5.41) is 26.6. The molecule has 0 aliphatic heterocycles. The summed E-state index contributed by atoms with van der Waals surface area (Å²) in [5.41, 5.74) is 0. The molecule has 0 aliphatic carbocycles. The van der Waals surface area contributed by atoms with Crippen molar-refractivity contribution < 1.29 is 19.8 Å². The Bertz CT molecular complexity index is 1800. The lowest BCUT2D eigenvalue weighted by molar-refractivity contribution is -0.303. The maximum atomic E-state index is 8.89. The fourth-order valence-electron chi connectivity index (χ4n) is 8.52. The summed E-state index contributed by atoms with van der Waals surface area (Å²) in [6.45, 7) is 22.6. The van der Waals surface area contributed by atoms with Crippen molar-refractivity contribution in [1.29, 1.82) is 0 Å². The summed E-state index contributed by atoms with van der Waals surface area (Å²) in [6, 6.07) is 69.3. The van der Waals surface area contributed by atoms with E-state index in [9.17, 15) is 0 Å². The molecule has 6 aromatic carbocycles. The van der Waals surface area contributed by atoms with Gasteiger partial charge in [0, 0.05) is 49.2 Å². The van der Waals surface area contributed by atoms with Crippen LogP contribution in [-0.2, 0) is 9.59 Å². The van der Waals surface area contributed by atoms with Gasteiger partial charge in [-0.2, -0.15) is 0 Å². The highest BCUT2D eigenvalue weighted by Crippen LogP contribution is 2.56. The van der Waals surface area contributed by atoms with Crippen LogP contribution in [0.3, 0.4) is 0 Å². The third kappa shape index (κ3) is 15.6. The molecular formula is C56H72N2O4P2. The van der Waals surface area contributed by atoms with Crippen LogP contribution in [0.4, 0.5) is 0 Å². The molecule has 0 N–H and O–H groups in total. The SMILES string of the molecule is CC(=O)[O-].CC(=O)[O-].CC(C)N(CC[P+](c1ccccc1)(c1ccccc1)c1ccccc1)C(C)C.CC(C)N(CC[P+](c1ccccc1)(c1ccccc1)c1ccccc1)C(C)C. The van der Waals surface area contributed by atoms with E-state index in [0.717, 1.165) is 39.3 Å². The second kappa shape index (κ2) is 27.4. The van der Waals surface area contributed by atoms with Crippen LogP contribution in [0.1, 0.15) is 69.2 Å². The zero-order chi connectivity index (χ0) is 47.1. The monoisotopic (exact) mass is 898 g/mol. The van der Waals surface area contributed by atoms with Crippen molar-refractivity contribution in [2.24, 2.45) is 0 Å². The van der Waals surface area contributed by atoms with Gasteiger partial charge in [0.25, 0.3) is 0 Å². The molecule has 0 amide bonds. The van der Waals surface area contributed by atoms with E-state index in [1.807, 2.05) is 0 Å². The van der Waals surface area contributed by atoms with E-state index in [2.05, 4.69) is 247 Å². The van der Waals surface area contributed by atoms with Crippen LogP contribution in [0.2, 0.25) is 0 Å². The van der Waals surface area contributed by atoms with Gasteiger partial charge in [0.1, 0.15) is 46.4 Å². The number of hydrogen-bond acceptors (Lipinski definition) is 6. The molecule has 8 heteroatoms. The van der Waals surface area contributed by atoms with Gasteiger partial charge in [-0.1, -0.05) is 109 Å². The van der Waals surface area contributed by atoms with Crippen LogP contribution < -0.4 is 42.0 Å². The lowest BCUT2D eigenvalue weighted by Crippen LogP contribution is -2.43. The number of hydrogen-bond donors (Lipinski definition) is 0. The second-order valence-corrected chi connectivity index (χ2v) is 24.1. The number of rotatable bonds is 16. The van der Waals surface area contributed by atoms with Gasteiger partial charge in [-0.15, -0.1) is 0 Å². The molecule has 0 spiro atoms. The lowest BCUT2D eigenvalue weighted by atomic mass is 10.2. The fraction of sp³-hybridized carbons (Fsp3) is 0.321. The maximum Gasteiger partial charge on any atom is 0.113 e. The molecule has 0 radical (unpaired) electrons. The number of nitrogens with zero attached hydrogens (tertiary/aromatic N) is 2. The summed E-state index contributed by atoms with van der Waals surface area (Å²) in [5.74, 6) is -2.17. The van der Waals surface area contributed by atoms with E-state index < -0.39 is 26.5 Å². The summed E-state index contributed by atoms with van der Waals surface area (Å²) in [7, 11) is -3.46. The molecule has 0 aliphatic rings. The number of benzene rings is 6. The van der Waals surface area contributed by atoms with E-state index in [0.29, 0.717) is 24.2 Å². The largest absolute Gasteiger partial charge is 0.550 e. The van der Waals surface area contributed by atoms with Crippen LogP contribution in [-0.4, -0.2) is 71.3 Å². The normalized spacial score (nSPS) is 11.4. The van der Waals surface area contributed by atoms with E-state index in [1.54, 1.807) is 0 Å². The zero-order valence-electron chi connectivity index (χ0n) is 39.9. The van der Waals surface area contributed by atoms with Crippen molar-refractivity contribution in [3.8, 4) is 0 Å². The molecule has 6 rings (SSSR count). The lowest BCUT2D eigenvalue weighted by Gasteiger charge is -2.34. The first-order valence-corrected chi connectivity index (χ1v) is 26.5. The Morgan fingerprint density at radius 3 is 0.625 bits per heavy atom. The average Bonchev–Trinajstić information content (AvgIpc) is 3.28. The van der Waals surface area contributed by atoms with Crippen LogP contribution in [0.25, 0.3) is 0 Å². The third-order valence-electron chi connectivity index (χ3n) is 11.2. The van der Waals surface area contributed by atoms with Crippen molar-refractivity contribution in [3.05, 3.63) is 182 Å². The van der Waals surface area contributed by atoms with Crippen molar-refractivity contribution in [2.45, 2.75) is 93.4 Å². The minimum Gasteiger partial charge on any atom is -0.550 e. The molecule has 0 unspecified atom stereocenters. The number of aliphatic carboxylic acids is 2. The molecule has 0 saturated carbocycles. The highest BCUT2D eigenvalue weighted by molar-refractivity contribution is 7.96. The minimum absolute atomic E-state index is 0.546. The molecule has 0 saturated heterocycles. The Labute approximate surface area is 387 Å². The first-order chi connectivity index (χ1) is 30.6. The van der Waals surface area contributed by atoms with Crippen molar-refractivity contribution in [1.82, 2.24) is 9.80 Å². The molecule has 6 aromatic rings. The summed E-state index contributed by atoms with van der Waals surface area (Å²) in [4.78, 5) is 23.0. The average molecular weight is 899 g/mol. The van der Waals surface area contributed by atoms with Gasteiger partial charge in [-0.05, 0) is 142 Å². The molecule has 340 valence electrons. The number of carboxylic acids is 2. The first kappa shape index (κ1) is 53.4. The van der Waals surface area contributed by atoms with E-state index >= 15 is 0 Å². The Kier molecular flexibility index (Phi) is 22.8. The summed E-state index contributed by atoms with van der Waals surface area (Å²) >= 11 is 0. The summed E-state index contributed by atoms with van der Waals surface area (Å²) in [6.07, 6.45) is 2.31. The van der Waals surface area contributed by atoms with Gasteiger partial charge >= 0.3 is 0 Å². The van der Waals surface area contributed by atoms with Crippen LogP contribution in [0, 0.1) is 0 Å². The highest BCUT2D eigenvalue weighted by Gasteiger charge is 2.46. The molecular weight excluding hydrogens is 827 g/mol. The predicted octanol–water partition coefficient (Wildman–Crippen LogP) is 7.71. The van der Waals surface area contributed by atoms with Crippen LogP contribution in [0.15, 0.2) is 182 Å². The van der Waals surface area contributed by atoms with Crippen LogP contribution in [0.5, 0.6) is 0 Å². The van der Waals surface area contributed by atoms with Gasteiger partial charge in [0.15, 0.2) is 0 Å². The number of carbonyl (C=O) groups excluding carboxylic acids is 2. The van der Waals surface area contributed by atoms with Crippen molar-refractivity contribution in [2.75, 3.05) is 25.4 Å². The molecule has 64 heavy (non-hydrogen) atoms. The Morgan fingerprint density at radius 1 is 0.359 bits per heavy atom. The Hall–Kier alpha value is -4.96. The standard InChI is InChI=1S/2C26H33NP.2C2H4O2/c2*1-22(2)27(23(3)4)20-21-28(24-14-8-5-9-15-24,25-16-10-6-11-17-25)26-18-12-7-13-19-26;2*1-2(3)4/h2*5-19,22-23H,20-21H2,1-4H3;2*1H3,(H,3,4)/q2*+1;;/p-2. The van der Waals surface area contributed by atoms with Gasteiger partial charge in [-0.25, -0.2) is 0 Å². The second-order valence-electron chi connectivity index (χ2n) is 16.9. The first-order valence-electron chi connectivity index (χ1n) is 22.5. The predicted molar refractivity (Wildman–Crippen MR) is 275 cm³/mol. The topological polar surface area (TPSA) is 86.7 Å². The Morgan fingerprint density at radius 2 is 0.500 bits per heavy atom. The quantitative estimate of drug-likeness (QED) is 0.0927. The molecule has 0 atom stereocenters. The summed E-state index contributed by atoms with van der Waals surface area (Å²) < 4.78 is 0. The minimum atomic E-state index is -1.73. The number of carboxylic acid groups (broad SMARTS) is 2. The zero-order valence-corrected chi connectivity index (χ0v) is 41.7. The van der Waals surface area contributed by atoms with E-state index in [1.165, 1.54) is 31.8 Å².